The zero-order chi connectivity index (χ0) is 15.1. The van der Waals surface area contributed by atoms with Crippen LogP contribution in [0.1, 0.15) is 27.7 Å². The van der Waals surface area contributed by atoms with Gasteiger partial charge in [-0.3, -0.25) is 0 Å². The van der Waals surface area contributed by atoms with Crippen LogP contribution in [0.3, 0.4) is 0 Å². The Kier molecular flexibility index (Phi) is 3.91. The van der Waals surface area contributed by atoms with E-state index in [0.29, 0.717) is 10.6 Å². The maximum atomic E-state index is 10.2. The summed E-state index contributed by atoms with van der Waals surface area (Å²) in [5.74, 6) is 0. The highest BCUT2D eigenvalue weighted by molar-refractivity contribution is 6.59. The second-order valence-electron chi connectivity index (χ2n) is 6.00. The summed E-state index contributed by atoms with van der Waals surface area (Å²) >= 11 is 5.93. The third-order valence-electron chi connectivity index (χ3n) is 3.75. The largest absolute Gasteiger partial charge is 0.508 e. The Balaban J connectivity index is 2.25. The van der Waals surface area contributed by atoms with Crippen molar-refractivity contribution >= 4 is 35.2 Å². The highest BCUT2D eigenvalue weighted by atomic mass is 35.5. The fourth-order valence-corrected chi connectivity index (χ4v) is 1.93. The van der Waals surface area contributed by atoms with Crippen LogP contribution in [-0.2, 0) is 4.65 Å². The minimum Gasteiger partial charge on any atom is -0.422 e. The summed E-state index contributed by atoms with van der Waals surface area (Å²) < 4.78 is 5.59. The lowest BCUT2D eigenvalue weighted by atomic mass is 9.80. The second-order valence-corrected chi connectivity index (χ2v) is 6.43. The molecule has 0 amide bonds. The first-order valence-corrected chi connectivity index (χ1v) is 6.84. The number of rotatable bonds is 4. The number of hydrogen-bond acceptors (Lipinski definition) is 3. The van der Waals surface area contributed by atoms with Gasteiger partial charge in [-0.1, -0.05) is 11.6 Å². The van der Waals surface area contributed by atoms with Gasteiger partial charge in [-0.25, -0.2) is 0 Å². The molecule has 0 aliphatic carbocycles. The van der Waals surface area contributed by atoms with E-state index in [0.717, 1.165) is 10.9 Å². The molecule has 0 spiro atoms. The molecule has 1 heterocycles. The zero-order valence-corrected chi connectivity index (χ0v) is 12.8. The van der Waals surface area contributed by atoms with Crippen molar-refractivity contribution in [3.05, 3.63) is 29.3 Å². The normalized spacial score (nSPS) is 12.9. The molecule has 2 aromatic rings. The van der Waals surface area contributed by atoms with Gasteiger partial charge in [-0.05, 0) is 52.0 Å². The third-order valence-corrected chi connectivity index (χ3v) is 3.98. The van der Waals surface area contributed by atoms with Crippen LogP contribution in [0.5, 0.6) is 0 Å². The number of aromatic nitrogens is 1. The van der Waals surface area contributed by atoms with Gasteiger partial charge >= 0.3 is 7.12 Å². The summed E-state index contributed by atoms with van der Waals surface area (Å²) in [6.07, 6.45) is 0. The molecular formula is C14H19BClNO3. The first kappa shape index (κ1) is 15.4. The Labute approximate surface area is 123 Å². The SMILES string of the molecule is CC(C)(O)C(C)(C)OB(O)c1cc2cc(Cl)ccc2[nH]1. The number of fused-ring (bicyclic) bond motifs is 1. The Morgan fingerprint density at radius 3 is 2.45 bits per heavy atom. The molecule has 4 nitrogen and oxygen atoms in total. The van der Waals surface area contributed by atoms with Crippen LogP contribution in [0, 0.1) is 0 Å². The van der Waals surface area contributed by atoms with E-state index in [1.54, 1.807) is 39.8 Å². The van der Waals surface area contributed by atoms with E-state index in [-0.39, 0.29) is 0 Å². The average Bonchev–Trinajstić information content (AvgIpc) is 2.69. The number of benzene rings is 1. The summed E-state index contributed by atoms with van der Waals surface area (Å²) in [4.78, 5) is 3.08. The van der Waals surface area contributed by atoms with Gasteiger partial charge in [0, 0.05) is 21.5 Å². The number of nitrogens with one attached hydrogen (secondary N) is 1. The van der Waals surface area contributed by atoms with Crippen LogP contribution < -0.4 is 5.59 Å². The second kappa shape index (κ2) is 5.08. The predicted molar refractivity (Wildman–Crippen MR) is 82.4 cm³/mol. The monoisotopic (exact) mass is 295 g/mol. The van der Waals surface area contributed by atoms with Crippen molar-refractivity contribution in [1.82, 2.24) is 4.98 Å². The zero-order valence-electron chi connectivity index (χ0n) is 12.1. The van der Waals surface area contributed by atoms with E-state index in [1.165, 1.54) is 0 Å². The van der Waals surface area contributed by atoms with E-state index in [2.05, 4.69) is 4.98 Å². The molecule has 0 saturated heterocycles. The first-order valence-electron chi connectivity index (χ1n) is 6.46. The van der Waals surface area contributed by atoms with Crippen molar-refractivity contribution in [2.45, 2.75) is 38.9 Å². The first-order chi connectivity index (χ1) is 9.10. The Morgan fingerprint density at radius 2 is 1.85 bits per heavy atom. The number of hydrogen-bond donors (Lipinski definition) is 3. The summed E-state index contributed by atoms with van der Waals surface area (Å²) in [6.45, 7) is 6.75. The molecule has 0 atom stereocenters. The topological polar surface area (TPSA) is 65.5 Å². The quantitative estimate of drug-likeness (QED) is 0.757. The summed E-state index contributed by atoms with van der Waals surface area (Å²) in [7, 11) is -1.15. The van der Waals surface area contributed by atoms with E-state index >= 15 is 0 Å². The van der Waals surface area contributed by atoms with Crippen molar-refractivity contribution in [3.8, 4) is 0 Å². The van der Waals surface area contributed by atoms with Crippen LogP contribution in [0.15, 0.2) is 24.3 Å². The Bertz CT molecular complexity index is 618. The predicted octanol–water partition coefficient (Wildman–Crippen LogP) is 2.07. The van der Waals surface area contributed by atoms with Crippen molar-refractivity contribution in [2.75, 3.05) is 0 Å². The Morgan fingerprint density at radius 1 is 1.20 bits per heavy atom. The molecule has 0 radical (unpaired) electrons. The van der Waals surface area contributed by atoms with Crippen molar-refractivity contribution < 1.29 is 14.8 Å². The Hall–Kier alpha value is -1.01. The van der Waals surface area contributed by atoms with Crippen molar-refractivity contribution in [1.29, 1.82) is 0 Å². The van der Waals surface area contributed by atoms with Crippen LogP contribution in [-0.4, -0.2) is 33.4 Å². The summed E-state index contributed by atoms with van der Waals surface area (Å²) in [5, 5.41) is 21.8. The average molecular weight is 296 g/mol. The number of aliphatic hydroxyl groups is 1. The maximum Gasteiger partial charge on any atom is 0.508 e. The van der Waals surface area contributed by atoms with Gasteiger partial charge in [0.25, 0.3) is 0 Å². The lowest BCUT2D eigenvalue weighted by molar-refractivity contribution is -0.0983. The molecule has 3 N–H and O–H groups in total. The van der Waals surface area contributed by atoms with Crippen molar-refractivity contribution in [2.24, 2.45) is 0 Å². The molecule has 0 aliphatic rings. The molecule has 0 unspecified atom stereocenters. The van der Waals surface area contributed by atoms with Crippen LogP contribution in [0.25, 0.3) is 10.9 Å². The highest BCUT2D eigenvalue weighted by Gasteiger charge is 2.39. The van der Waals surface area contributed by atoms with Gasteiger partial charge in [0.2, 0.25) is 0 Å². The highest BCUT2D eigenvalue weighted by Crippen LogP contribution is 2.25. The molecular weight excluding hydrogens is 276 g/mol. The molecule has 0 fully saturated rings. The maximum absolute atomic E-state index is 10.2. The lowest BCUT2D eigenvalue weighted by Gasteiger charge is -2.38. The molecule has 1 aromatic heterocycles. The van der Waals surface area contributed by atoms with Crippen LogP contribution in [0.4, 0.5) is 0 Å². The lowest BCUT2D eigenvalue weighted by Crippen LogP contribution is -2.53. The van der Waals surface area contributed by atoms with Gasteiger partial charge < -0.3 is 19.8 Å². The minimum absolute atomic E-state index is 0.527. The van der Waals surface area contributed by atoms with Gasteiger partial charge in [0.05, 0.1) is 11.2 Å². The summed E-state index contributed by atoms with van der Waals surface area (Å²) in [6, 6.07) is 7.21. The molecule has 6 heteroatoms. The fraction of sp³-hybridized carbons (Fsp3) is 0.429. The van der Waals surface area contributed by atoms with Crippen LogP contribution in [0.2, 0.25) is 5.02 Å². The number of H-pyrrole nitrogens is 1. The fourth-order valence-electron chi connectivity index (χ4n) is 1.75. The van der Waals surface area contributed by atoms with Crippen LogP contribution >= 0.6 is 11.6 Å². The van der Waals surface area contributed by atoms with Crippen molar-refractivity contribution in [3.63, 3.8) is 0 Å². The molecule has 0 bridgehead atoms. The third kappa shape index (κ3) is 3.01. The molecule has 1 aromatic carbocycles. The van der Waals surface area contributed by atoms with Gasteiger partial charge in [-0.15, -0.1) is 0 Å². The van der Waals surface area contributed by atoms with Gasteiger partial charge in [0.15, 0.2) is 0 Å². The van der Waals surface area contributed by atoms with E-state index in [4.69, 9.17) is 16.3 Å². The molecule has 108 valence electrons. The molecule has 2 rings (SSSR count). The van der Waals surface area contributed by atoms with E-state index in [1.807, 2.05) is 12.1 Å². The summed E-state index contributed by atoms with van der Waals surface area (Å²) in [5.41, 5.74) is -0.585. The smallest absolute Gasteiger partial charge is 0.422 e. The standard InChI is InChI=1S/C14H19BClNO3/c1-13(2,18)14(3,4)20-15(19)12-8-9-7-10(16)5-6-11(9)17-12/h5-8,17-19H,1-4H3. The van der Waals surface area contributed by atoms with Gasteiger partial charge in [0.1, 0.15) is 0 Å². The minimum atomic E-state index is -1.15. The molecule has 0 aliphatic heterocycles. The van der Waals surface area contributed by atoms with E-state index < -0.39 is 18.3 Å². The number of halogens is 1. The molecule has 20 heavy (non-hydrogen) atoms. The van der Waals surface area contributed by atoms with Gasteiger partial charge in [-0.2, -0.15) is 0 Å². The number of aromatic amines is 1. The van der Waals surface area contributed by atoms with E-state index in [9.17, 15) is 10.1 Å². The molecule has 0 saturated carbocycles.